The Morgan fingerprint density at radius 3 is 1.85 bits per heavy atom. The predicted octanol–water partition coefficient (Wildman–Crippen LogP) is 1.22. The molecular weight excluding hydrogens is 404 g/mol. The molecule has 0 radical (unpaired) electrons. The second-order valence-corrected chi connectivity index (χ2v) is 8.40. The van der Waals surface area contributed by atoms with Gasteiger partial charge >= 0.3 is 0 Å². The van der Waals surface area contributed by atoms with Crippen molar-refractivity contribution in [3.8, 4) is 0 Å². The summed E-state index contributed by atoms with van der Waals surface area (Å²) in [6, 6.07) is 0. The molecule has 0 bridgehead atoms. The number of piperidine rings is 2. The second kappa shape index (κ2) is 15.6. The highest BCUT2D eigenvalue weighted by atomic mass is 79.9. The quantitative estimate of drug-likeness (QED) is 0.499. The van der Waals surface area contributed by atoms with Gasteiger partial charge in [-0.15, -0.1) is 0 Å². The van der Waals surface area contributed by atoms with E-state index in [0.29, 0.717) is 11.6 Å². The van der Waals surface area contributed by atoms with Crippen molar-refractivity contribution in [2.75, 3.05) is 45.8 Å². The Hall–Kier alpha value is -0.260. The van der Waals surface area contributed by atoms with Crippen LogP contribution >= 0.6 is 0 Å². The summed E-state index contributed by atoms with van der Waals surface area (Å²) < 4.78 is 1.27. The molecule has 5 heteroatoms. The molecule has 0 N–H and O–H groups in total. The van der Waals surface area contributed by atoms with Crippen molar-refractivity contribution in [3.63, 3.8) is 0 Å². The molecule has 2 rings (SSSR count). The molecule has 2 saturated heterocycles. The standard InChI is InChI=1S/C12H24NO.C10H19NO.BrH/c1-3-13(9-5-4-6-10-13)11-7-8-12(2)14;1-10(12)6-5-9-11-7-3-2-4-8-11;/h3-11H2,1-2H3;2-9H2,1H3;1H/q+1;;/p-1. The molecule has 160 valence electrons. The minimum absolute atomic E-state index is 0. The summed E-state index contributed by atoms with van der Waals surface area (Å²) in [5.74, 6) is 0.670. The molecule has 0 saturated carbocycles. The highest BCUT2D eigenvalue weighted by molar-refractivity contribution is 5.75. The molecule has 2 aliphatic heterocycles. The third-order valence-electron chi connectivity index (χ3n) is 6.05. The van der Waals surface area contributed by atoms with Gasteiger partial charge in [-0.05, 0) is 78.9 Å². The first-order chi connectivity index (χ1) is 12.5. The SMILES string of the molecule is CC(=O)CCCN1CCCCC1.CC[N+]1(CCCC(C)=O)CCCCC1.[Br-]. The third-order valence-corrected chi connectivity index (χ3v) is 6.05. The van der Waals surface area contributed by atoms with Crippen LogP contribution in [0.3, 0.4) is 0 Å². The van der Waals surface area contributed by atoms with Gasteiger partial charge in [0.15, 0.2) is 0 Å². The molecule has 2 fully saturated rings. The smallest absolute Gasteiger partial charge is 0.130 e. The van der Waals surface area contributed by atoms with E-state index in [1.54, 1.807) is 13.8 Å². The maximum absolute atomic E-state index is 10.9. The number of carbonyl (C=O) groups excluding carboxylic acids is 2. The van der Waals surface area contributed by atoms with Crippen LogP contribution < -0.4 is 17.0 Å². The molecule has 0 spiro atoms. The summed E-state index contributed by atoms with van der Waals surface area (Å²) >= 11 is 0. The summed E-state index contributed by atoms with van der Waals surface area (Å²) in [7, 11) is 0. The maximum atomic E-state index is 10.9. The Morgan fingerprint density at radius 1 is 0.815 bits per heavy atom. The van der Waals surface area contributed by atoms with E-state index < -0.39 is 0 Å². The number of nitrogens with zero attached hydrogens (tertiary/aromatic N) is 2. The fourth-order valence-electron chi connectivity index (χ4n) is 4.28. The molecule has 4 nitrogen and oxygen atoms in total. The fourth-order valence-corrected chi connectivity index (χ4v) is 4.28. The average molecular weight is 448 g/mol. The Bertz CT molecular complexity index is 403. The Morgan fingerprint density at radius 2 is 1.33 bits per heavy atom. The van der Waals surface area contributed by atoms with Crippen LogP contribution in [0.1, 0.15) is 85.0 Å². The molecule has 27 heavy (non-hydrogen) atoms. The van der Waals surface area contributed by atoms with Gasteiger partial charge in [0, 0.05) is 19.3 Å². The van der Waals surface area contributed by atoms with Crippen molar-refractivity contribution in [3.05, 3.63) is 0 Å². The van der Waals surface area contributed by atoms with E-state index in [0.717, 1.165) is 32.2 Å². The van der Waals surface area contributed by atoms with E-state index in [2.05, 4.69) is 11.8 Å². The van der Waals surface area contributed by atoms with Crippen molar-refractivity contribution in [1.29, 1.82) is 0 Å². The molecule has 0 aliphatic carbocycles. The first-order valence-corrected chi connectivity index (χ1v) is 11.0. The number of ketones is 2. The number of halogens is 1. The third kappa shape index (κ3) is 12.7. The van der Waals surface area contributed by atoms with Crippen LogP contribution in [0.4, 0.5) is 0 Å². The van der Waals surface area contributed by atoms with E-state index in [4.69, 9.17) is 0 Å². The minimum Gasteiger partial charge on any atom is -1.00 e. The van der Waals surface area contributed by atoms with Crippen LogP contribution in [0.5, 0.6) is 0 Å². The van der Waals surface area contributed by atoms with E-state index in [1.165, 1.54) is 82.3 Å². The topological polar surface area (TPSA) is 37.4 Å². The lowest BCUT2D eigenvalue weighted by atomic mass is 10.1. The molecule has 0 amide bonds. The largest absolute Gasteiger partial charge is 1.00 e. The van der Waals surface area contributed by atoms with E-state index in [1.807, 2.05) is 0 Å². The monoisotopic (exact) mass is 446 g/mol. The van der Waals surface area contributed by atoms with Gasteiger partial charge in [0.05, 0.1) is 26.2 Å². The zero-order chi connectivity index (χ0) is 19.3. The van der Waals surface area contributed by atoms with Gasteiger partial charge in [0.2, 0.25) is 0 Å². The molecule has 0 atom stereocenters. The van der Waals surface area contributed by atoms with Crippen molar-refractivity contribution >= 4 is 11.6 Å². The van der Waals surface area contributed by atoms with Gasteiger partial charge in [0.1, 0.15) is 11.6 Å². The van der Waals surface area contributed by atoms with Gasteiger partial charge in [-0.1, -0.05) is 6.42 Å². The molecule has 2 aliphatic rings. The summed E-state index contributed by atoms with van der Waals surface area (Å²) in [5.41, 5.74) is 0. The fraction of sp³-hybridized carbons (Fsp3) is 0.909. The second-order valence-electron chi connectivity index (χ2n) is 8.40. The van der Waals surface area contributed by atoms with Gasteiger partial charge in [-0.3, -0.25) is 0 Å². The van der Waals surface area contributed by atoms with Crippen LogP contribution in [0.25, 0.3) is 0 Å². The number of carbonyl (C=O) groups is 2. The molecular formula is C22H43BrN2O2. The van der Waals surface area contributed by atoms with E-state index >= 15 is 0 Å². The Kier molecular flexibility index (Phi) is 15.5. The number of likely N-dealkylation sites (tertiary alicyclic amines) is 2. The van der Waals surface area contributed by atoms with E-state index in [-0.39, 0.29) is 17.0 Å². The van der Waals surface area contributed by atoms with Gasteiger partial charge in [0.25, 0.3) is 0 Å². The summed E-state index contributed by atoms with van der Waals surface area (Å²) in [5, 5.41) is 0. The molecule has 0 unspecified atom stereocenters. The number of quaternary nitrogens is 1. The van der Waals surface area contributed by atoms with Crippen LogP contribution in [-0.2, 0) is 9.59 Å². The summed E-state index contributed by atoms with van der Waals surface area (Å²) in [6.07, 6.45) is 11.9. The average Bonchev–Trinajstić information content (AvgIpc) is 2.63. The highest BCUT2D eigenvalue weighted by Crippen LogP contribution is 2.19. The predicted molar refractivity (Wildman–Crippen MR) is 109 cm³/mol. The highest BCUT2D eigenvalue weighted by Gasteiger charge is 2.27. The molecule has 0 aromatic heterocycles. The number of hydrogen-bond acceptors (Lipinski definition) is 3. The molecule has 0 aromatic rings. The van der Waals surface area contributed by atoms with Crippen molar-refractivity contribution in [2.45, 2.75) is 85.0 Å². The van der Waals surface area contributed by atoms with Crippen LogP contribution in [0.15, 0.2) is 0 Å². The molecule has 0 aromatic carbocycles. The Labute approximate surface area is 178 Å². The number of hydrogen-bond donors (Lipinski definition) is 0. The van der Waals surface area contributed by atoms with Crippen molar-refractivity contribution in [1.82, 2.24) is 4.90 Å². The Balaban J connectivity index is 0.000000488. The lowest BCUT2D eigenvalue weighted by molar-refractivity contribution is -0.931. The lowest BCUT2D eigenvalue weighted by Gasteiger charge is -2.40. The first kappa shape index (κ1) is 26.7. The first-order valence-electron chi connectivity index (χ1n) is 11.0. The van der Waals surface area contributed by atoms with Crippen molar-refractivity contribution < 1.29 is 31.1 Å². The van der Waals surface area contributed by atoms with Gasteiger partial charge in [-0.25, -0.2) is 0 Å². The van der Waals surface area contributed by atoms with Crippen LogP contribution in [-0.4, -0.2) is 66.8 Å². The van der Waals surface area contributed by atoms with Crippen molar-refractivity contribution in [2.24, 2.45) is 0 Å². The number of Topliss-reactive ketones (excluding diaryl/α,β-unsaturated/α-hetero) is 2. The van der Waals surface area contributed by atoms with E-state index in [9.17, 15) is 9.59 Å². The summed E-state index contributed by atoms with van der Waals surface area (Å²) in [6.45, 7) is 14.4. The maximum Gasteiger partial charge on any atom is 0.130 e. The van der Waals surface area contributed by atoms with Gasteiger partial charge < -0.3 is 36.0 Å². The zero-order valence-corrected chi connectivity index (χ0v) is 19.7. The van der Waals surface area contributed by atoms with Crippen LogP contribution in [0, 0.1) is 0 Å². The lowest BCUT2D eigenvalue weighted by Crippen LogP contribution is -3.00. The zero-order valence-electron chi connectivity index (χ0n) is 18.1. The summed E-state index contributed by atoms with van der Waals surface area (Å²) in [4.78, 5) is 24.0. The van der Waals surface area contributed by atoms with Crippen LogP contribution in [0.2, 0.25) is 0 Å². The minimum atomic E-state index is 0. The van der Waals surface area contributed by atoms with Gasteiger partial charge in [-0.2, -0.15) is 0 Å². The normalized spacial score (nSPS) is 19.4. The molecule has 2 heterocycles. The number of rotatable bonds is 9.